The molecule has 0 unspecified atom stereocenters. The molecule has 0 atom stereocenters. The van der Waals surface area contributed by atoms with Gasteiger partial charge in [0.25, 0.3) is 0 Å². The first-order valence-electron chi connectivity index (χ1n) is 8.38. The average molecular weight is 338 g/mol. The highest BCUT2D eigenvalue weighted by Gasteiger charge is 2.17. The van der Waals surface area contributed by atoms with Gasteiger partial charge in [0.15, 0.2) is 0 Å². The van der Waals surface area contributed by atoms with Crippen LogP contribution >= 0.6 is 11.3 Å². The number of nitrogens with zero attached hydrogens (tertiary/aromatic N) is 1. The normalized spacial score (nSPS) is 12.0. The van der Waals surface area contributed by atoms with Crippen LogP contribution in [0.5, 0.6) is 0 Å². The van der Waals surface area contributed by atoms with Gasteiger partial charge in [0.2, 0.25) is 0 Å². The lowest BCUT2D eigenvalue weighted by atomic mass is 10.1. The maximum absolute atomic E-state index is 3.67. The first-order chi connectivity index (χ1) is 12.4. The van der Waals surface area contributed by atoms with E-state index in [0.717, 1.165) is 0 Å². The maximum Gasteiger partial charge on any atom is 0.0791 e. The Morgan fingerprint density at radius 1 is 0.720 bits per heavy atom. The molecule has 6 aromatic rings. The van der Waals surface area contributed by atoms with E-state index in [2.05, 4.69) is 87.7 Å². The maximum atomic E-state index is 3.67. The van der Waals surface area contributed by atoms with Gasteiger partial charge in [-0.3, -0.25) is 0 Å². The van der Waals surface area contributed by atoms with Crippen LogP contribution in [-0.4, -0.2) is 9.55 Å². The second-order valence-corrected chi connectivity index (χ2v) is 7.28. The topological polar surface area (TPSA) is 20.7 Å². The van der Waals surface area contributed by atoms with E-state index in [0.29, 0.717) is 0 Å². The van der Waals surface area contributed by atoms with E-state index in [1.54, 1.807) is 0 Å². The summed E-state index contributed by atoms with van der Waals surface area (Å²) in [6.45, 7) is 0. The number of nitrogens with one attached hydrogen (secondary N) is 1. The van der Waals surface area contributed by atoms with Gasteiger partial charge in [0.1, 0.15) is 0 Å². The number of aromatic nitrogens is 2. The molecule has 0 radical (unpaired) electrons. The van der Waals surface area contributed by atoms with Crippen molar-refractivity contribution in [3.05, 3.63) is 78.2 Å². The van der Waals surface area contributed by atoms with Gasteiger partial charge in [-0.1, -0.05) is 48.5 Å². The summed E-state index contributed by atoms with van der Waals surface area (Å²) in [6.07, 6.45) is 0. The lowest BCUT2D eigenvalue weighted by Crippen LogP contribution is -1.93. The van der Waals surface area contributed by atoms with E-state index in [9.17, 15) is 0 Å². The third kappa shape index (κ3) is 1.68. The summed E-state index contributed by atoms with van der Waals surface area (Å²) in [5.74, 6) is 0. The molecule has 2 nitrogen and oxygen atoms in total. The molecule has 0 bridgehead atoms. The van der Waals surface area contributed by atoms with Gasteiger partial charge >= 0.3 is 0 Å². The minimum Gasteiger partial charge on any atom is -0.353 e. The Kier molecular flexibility index (Phi) is 2.52. The number of H-pyrrole nitrogens is 1. The molecule has 3 aromatic carbocycles. The van der Waals surface area contributed by atoms with Crippen LogP contribution < -0.4 is 0 Å². The zero-order valence-corrected chi connectivity index (χ0v) is 14.2. The van der Waals surface area contributed by atoms with Gasteiger partial charge in [0.05, 0.1) is 21.3 Å². The Hall–Kier alpha value is -3.04. The van der Waals surface area contributed by atoms with E-state index >= 15 is 0 Å². The summed E-state index contributed by atoms with van der Waals surface area (Å²) >= 11 is 1.81. The number of para-hydroxylation sites is 2. The average Bonchev–Trinajstić information content (AvgIpc) is 3.34. The van der Waals surface area contributed by atoms with Crippen molar-refractivity contribution in [2.45, 2.75) is 0 Å². The van der Waals surface area contributed by atoms with Crippen LogP contribution in [-0.2, 0) is 0 Å². The number of fused-ring (bicyclic) bond motifs is 7. The van der Waals surface area contributed by atoms with Crippen molar-refractivity contribution in [3.63, 3.8) is 0 Å². The summed E-state index contributed by atoms with van der Waals surface area (Å²) < 4.78 is 3.73. The second-order valence-electron chi connectivity index (χ2n) is 6.36. The molecule has 25 heavy (non-hydrogen) atoms. The zero-order chi connectivity index (χ0) is 16.4. The van der Waals surface area contributed by atoms with E-state index < -0.39 is 0 Å². The molecule has 0 aliphatic carbocycles. The molecule has 6 rings (SSSR count). The first-order valence-corrected chi connectivity index (χ1v) is 9.26. The van der Waals surface area contributed by atoms with Crippen LogP contribution in [0, 0.1) is 0 Å². The van der Waals surface area contributed by atoms with Crippen LogP contribution in [0.2, 0.25) is 0 Å². The molecule has 118 valence electrons. The largest absolute Gasteiger partial charge is 0.353 e. The molecule has 3 aromatic heterocycles. The van der Waals surface area contributed by atoms with E-state index in [1.165, 1.54) is 48.6 Å². The molecule has 0 saturated carbocycles. The van der Waals surface area contributed by atoms with Crippen LogP contribution in [0.4, 0.5) is 0 Å². The molecule has 1 N–H and O–H groups in total. The van der Waals surface area contributed by atoms with Gasteiger partial charge < -0.3 is 9.55 Å². The smallest absolute Gasteiger partial charge is 0.0791 e. The molecule has 3 heterocycles. The van der Waals surface area contributed by atoms with Crippen molar-refractivity contribution in [1.82, 2.24) is 9.55 Å². The number of thiophene rings is 1. The van der Waals surface area contributed by atoms with Crippen molar-refractivity contribution in [2.24, 2.45) is 0 Å². The standard InChI is InChI=1S/C22H14N2S/c1-2-6-14(7-3-1)24-19-12-13-25-22(19)17-11-10-16-15-8-4-5-9-18(15)23-20(16)21(17)24/h1-13,23H. The molecule has 0 aliphatic rings. The summed E-state index contributed by atoms with van der Waals surface area (Å²) in [7, 11) is 0. The number of aromatic amines is 1. The monoisotopic (exact) mass is 338 g/mol. The molecule has 0 aliphatic heterocycles. The lowest BCUT2D eigenvalue weighted by Gasteiger charge is -2.07. The van der Waals surface area contributed by atoms with Crippen LogP contribution in [0.25, 0.3) is 48.6 Å². The first kappa shape index (κ1) is 13.3. The number of hydrogen-bond donors (Lipinski definition) is 1. The van der Waals surface area contributed by atoms with Gasteiger partial charge in [-0.15, -0.1) is 11.3 Å². The van der Waals surface area contributed by atoms with Crippen molar-refractivity contribution in [1.29, 1.82) is 0 Å². The SMILES string of the molecule is c1ccc(-n2c3ccsc3c3ccc4c5ccccc5[nH]c4c32)cc1. The molecule has 0 amide bonds. The molecule has 0 fully saturated rings. The van der Waals surface area contributed by atoms with Gasteiger partial charge in [0, 0.05) is 27.4 Å². The van der Waals surface area contributed by atoms with Crippen molar-refractivity contribution in [2.75, 3.05) is 0 Å². The van der Waals surface area contributed by atoms with E-state index in [-0.39, 0.29) is 0 Å². The van der Waals surface area contributed by atoms with Crippen molar-refractivity contribution in [3.8, 4) is 5.69 Å². The minimum atomic E-state index is 1.19. The third-order valence-corrected chi connectivity index (χ3v) is 5.96. The fourth-order valence-electron chi connectivity index (χ4n) is 3.97. The minimum absolute atomic E-state index is 1.19. The third-order valence-electron chi connectivity index (χ3n) is 5.02. The predicted octanol–water partition coefficient (Wildman–Crippen LogP) is 6.48. The number of benzene rings is 3. The van der Waals surface area contributed by atoms with Crippen LogP contribution in [0.15, 0.2) is 78.2 Å². The van der Waals surface area contributed by atoms with Crippen molar-refractivity contribution >= 4 is 54.3 Å². The van der Waals surface area contributed by atoms with Crippen LogP contribution in [0.3, 0.4) is 0 Å². The Balaban J connectivity index is 1.91. The summed E-state index contributed by atoms with van der Waals surface area (Å²) in [4.78, 5) is 3.67. The fourth-order valence-corrected chi connectivity index (χ4v) is 4.87. The zero-order valence-electron chi connectivity index (χ0n) is 13.4. The summed E-state index contributed by atoms with van der Waals surface area (Å²) in [5, 5.41) is 6.06. The molecule has 3 heteroatoms. The molecular weight excluding hydrogens is 324 g/mol. The second kappa shape index (κ2) is 4.74. The lowest BCUT2D eigenvalue weighted by molar-refractivity contribution is 1.19. The van der Waals surface area contributed by atoms with E-state index in [1.807, 2.05) is 11.3 Å². The molecule has 0 spiro atoms. The predicted molar refractivity (Wildman–Crippen MR) is 108 cm³/mol. The Morgan fingerprint density at radius 2 is 1.52 bits per heavy atom. The fraction of sp³-hybridized carbons (Fsp3) is 0. The molecule has 0 saturated heterocycles. The van der Waals surface area contributed by atoms with Gasteiger partial charge in [-0.2, -0.15) is 0 Å². The Labute approximate surface area is 147 Å². The Morgan fingerprint density at radius 3 is 2.44 bits per heavy atom. The number of hydrogen-bond acceptors (Lipinski definition) is 1. The highest BCUT2D eigenvalue weighted by Crippen LogP contribution is 2.40. The van der Waals surface area contributed by atoms with Gasteiger partial charge in [-0.05, 0) is 29.6 Å². The summed E-state index contributed by atoms with van der Waals surface area (Å²) in [5.41, 5.74) is 6.14. The van der Waals surface area contributed by atoms with Gasteiger partial charge in [-0.25, -0.2) is 0 Å². The highest BCUT2D eigenvalue weighted by atomic mass is 32.1. The van der Waals surface area contributed by atoms with Crippen molar-refractivity contribution < 1.29 is 0 Å². The quantitative estimate of drug-likeness (QED) is 0.354. The van der Waals surface area contributed by atoms with E-state index in [4.69, 9.17) is 0 Å². The number of rotatable bonds is 1. The van der Waals surface area contributed by atoms with Crippen LogP contribution in [0.1, 0.15) is 0 Å². The summed E-state index contributed by atoms with van der Waals surface area (Å²) in [6, 6.07) is 25.9. The highest BCUT2D eigenvalue weighted by molar-refractivity contribution is 7.18. The Bertz CT molecular complexity index is 1380. The molecular formula is C22H14N2S.